The van der Waals surface area contributed by atoms with Gasteiger partial charge in [0.1, 0.15) is 11.8 Å². The molecule has 8 heteroatoms. The summed E-state index contributed by atoms with van der Waals surface area (Å²) in [4.78, 5) is 28.7. The van der Waals surface area contributed by atoms with Crippen molar-refractivity contribution in [3.63, 3.8) is 0 Å². The molecule has 3 aromatic rings. The lowest BCUT2D eigenvalue weighted by atomic mass is 10.0. The minimum atomic E-state index is -0.806. The number of halogens is 3. The van der Waals surface area contributed by atoms with Gasteiger partial charge in [-0.15, -0.1) is 0 Å². The molecule has 1 unspecified atom stereocenters. The molecule has 0 bridgehead atoms. The molecule has 0 spiro atoms. The zero-order chi connectivity index (χ0) is 26.3. The van der Waals surface area contributed by atoms with Crippen LogP contribution in [-0.2, 0) is 22.6 Å². The predicted octanol–water partition coefficient (Wildman–Crippen LogP) is 6.58. The van der Waals surface area contributed by atoms with Crippen molar-refractivity contribution in [3.05, 3.63) is 99.0 Å². The summed E-state index contributed by atoms with van der Waals surface area (Å²) in [5.41, 5.74) is 1.15. The van der Waals surface area contributed by atoms with E-state index in [-0.39, 0.29) is 25.0 Å². The molecular formula is C28H29Cl3N2O3. The molecule has 0 saturated heterocycles. The van der Waals surface area contributed by atoms with E-state index in [9.17, 15) is 9.59 Å². The van der Waals surface area contributed by atoms with Gasteiger partial charge in [-0.2, -0.15) is 0 Å². The molecule has 0 saturated carbocycles. The van der Waals surface area contributed by atoms with Crippen LogP contribution in [-0.4, -0.2) is 34.9 Å². The minimum absolute atomic E-state index is 0.130. The van der Waals surface area contributed by atoms with E-state index in [0.29, 0.717) is 27.2 Å². The van der Waals surface area contributed by atoms with Crippen molar-refractivity contribution in [1.29, 1.82) is 0 Å². The van der Waals surface area contributed by atoms with E-state index in [1.165, 1.54) is 4.90 Å². The monoisotopic (exact) mass is 546 g/mol. The molecule has 0 radical (unpaired) electrons. The Morgan fingerprint density at radius 2 is 1.58 bits per heavy atom. The maximum atomic E-state index is 13.6. The van der Waals surface area contributed by atoms with Crippen molar-refractivity contribution in [2.24, 2.45) is 0 Å². The average Bonchev–Trinajstić information content (AvgIpc) is 2.81. The summed E-state index contributed by atoms with van der Waals surface area (Å²) in [6, 6.07) is 20.8. The molecule has 190 valence electrons. The molecule has 0 aliphatic heterocycles. The van der Waals surface area contributed by atoms with Crippen LogP contribution in [0, 0.1) is 0 Å². The Balaban J connectivity index is 1.95. The summed E-state index contributed by atoms with van der Waals surface area (Å²) < 4.78 is 5.74. The van der Waals surface area contributed by atoms with Gasteiger partial charge in [-0.3, -0.25) is 9.59 Å². The van der Waals surface area contributed by atoms with Gasteiger partial charge in [0.25, 0.3) is 5.91 Å². The van der Waals surface area contributed by atoms with Gasteiger partial charge in [0, 0.05) is 28.5 Å². The van der Waals surface area contributed by atoms with Crippen molar-refractivity contribution in [1.82, 2.24) is 10.2 Å². The number of hydrogen-bond acceptors (Lipinski definition) is 3. The van der Waals surface area contributed by atoms with Crippen LogP contribution in [0.1, 0.15) is 31.9 Å². The number of nitrogens with one attached hydrogen (secondary N) is 1. The lowest BCUT2D eigenvalue weighted by Gasteiger charge is -2.34. The summed E-state index contributed by atoms with van der Waals surface area (Å²) in [5.74, 6) is -0.326. The number of hydrogen-bond donors (Lipinski definition) is 1. The van der Waals surface area contributed by atoms with Gasteiger partial charge >= 0.3 is 0 Å². The first-order chi connectivity index (χ1) is 17.0. The number of nitrogens with zero attached hydrogens (tertiary/aromatic N) is 1. The normalized spacial score (nSPS) is 12.1. The van der Waals surface area contributed by atoms with Crippen LogP contribution in [0.15, 0.2) is 72.8 Å². The van der Waals surface area contributed by atoms with E-state index < -0.39 is 11.6 Å². The van der Waals surface area contributed by atoms with Gasteiger partial charge in [-0.1, -0.05) is 83.3 Å². The van der Waals surface area contributed by atoms with E-state index in [4.69, 9.17) is 39.5 Å². The first-order valence-corrected chi connectivity index (χ1v) is 12.6. The number of ether oxygens (including phenoxy) is 1. The lowest BCUT2D eigenvalue weighted by molar-refractivity contribution is -0.143. The molecule has 5 nitrogen and oxygen atoms in total. The molecule has 0 heterocycles. The van der Waals surface area contributed by atoms with Crippen molar-refractivity contribution in [3.8, 4) is 5.75 Å². The molecule has 2 amide bonds. The molecule has 0 aliphatic carbocycles. The van der Waals surface area contributed by atoms with Crippen molar-refractivity contribution < 1.29 is 14.3 Å². The highest BCUT2D eigenvalue weighted by Crippen LogP contribution is 2.28. The standard InChI is InChI=1S/C28H29Cl3N2O3/c1-28(2,3)32-27(35)24(15-19-9-5-4-6-10-19)33(17-20-11-7-8-12-22(20)30)26(34)18-36-25-14-13-21(29)16-23(25)31/h4-14,16,24H,15,17-18H2,1-3H3,(H,32,35). The van der Waals surface area contributed by atoms with Crippen LogP contribution < -0.4 is 10.1 Å². The molecule has 1 atom stereocenters. The second-order valence-electron chi connectivity index (χ2n) is 9.42. The van der Waals surface area contributed by atoms with E-state index in [0.717, 1.165) is 11.1 Å². The van der Waals surface area contributed by atoms with E-state index >= 15 is 0 Å². The second kappa shape index (κ2) is 12.5. The molecule has 36 heavy (non-hydrogen) atoms. The van der Waals surface area contributed by atoms with Crippen LogP contribution in [0.5, 0.6) is 5.75 Å². The third-order valence-electron chi connectivity index (χ3n) is 5.31. The van der Waals surface area contributed by atoms with Crippen LogP contribution in [0.25, 0.3) is 0 Å². The highest BCUT2D eigenvalue weighted by atomic mass is 35.5. The molecular weight excluding hydrogens is 519 g/mol. The smallest absolute Gasteiger partial charge is 0.261 e. The molecule has 3 rings (SSSR count). The second-order valence-corrected chi connectivity index (χ2v) is 10.7. The Kier molecular flexibility index (Phi) is 9.66. The van der Waals surface area contributed by atoms with Gasteiger partial charge in [0.05, 0.1) is 5.02 Å². The molecule has 0 aliphatic rings. The number of benzene rings is 3. The Bertz CT molecular complexity index is 1200. The fraction of sp³-hybridized carbons (Fsp3) is 0.286. The highest BCUT2D eigenvalue weighted by molar-refractivity contribution is 6.35. The molecule has 3 aromatic carbocycles. The van der Waals surface area contributed by atoms with E-state index in [1.807, 2.05) is 69.3 Å². The summed E-state index contributed by atoms with van der Waals surface area (Å²) >= 11 is 18.6. The van der Waals surface area contributed by atoms with Gasteiger partial charge in [-0.25, -0.2) is 0 Å². The fourth-order valence-electron chi connectivity index (χ4n) is 3.63. The van der Waals surface area contributed by atoms with Crippen LogP contribution in [0.4, 0.5) is 0 Å². The Hall–Kier alpha value is -2.73. The zero-order valence-corrected chi connectivity index (χ0v) is 22.7. The Morgan fingerprint density at radius 3 is 2.22 bits per heavy atom. The zero-order valence-electron chi connectivity index (χ0n) is 20.4. The van der Waals surface area contributed by atoms with Gasteiger partial charge in [0.15, 0.2) is 6.61 Å². The summed E-state index contributed by atoms with van der Waals surface area (Å²) in [7, 11) is 0. The third-order valence-corrected chi connectivity index (χ3v) is 6.21. The van der Waals surface area contributed by atoms with Crippen molar-refractivity contribution in [2.45, 2.75) is 45.3 Å². The third kappa shape index (κ3) is 8.16. The maximum Gasteiger partial charge on any atom is 0.261 e. The van der Waals surface area contributed by atoms with Gasteiger partial charge < -0.3 is 15.0 Å². The van der Waals surface area contributed by atoms with E-state index in [2.05, 4.69) is 5.32 Å². The Labute approximate surface area is 227 Å². The number of carbonyl (C=O) groups is 2. The first kappa shape index (κ1) is 27.9. The van der Waals surface area contributed by atoms with Gasteiger partial charge in [-0.05, 0) is 56.2 Å². The minimum Gasteiger partial charge on any atom is -0.482 e. The predicted molar refractivity (Wildman–Crippen MR) is 146 cm³/mol. The number of amides is 2. The van der Waals surface area contributed by atoms with E-state index in [1.54, 1.807) is 24.3 Å². The topological polar surface area (TPSA) is 58.6 Å². The summed E-state index contributed by atoms with van der Waals surface area (Å²) in [6.45, 7) is 5.51. The summed E-state index contributed by atoms with van der Waals surface area (Å²) in [6.07, 6.45) is 0.320. The fourth-order valence-corrected chi connectivity index (χ4v) is 4.29. The van der Waals surface area contributed by atoms with Crippen LogP contribution in [0.3, 0.4) is 0 Å². The highest BCUT2D eigenvalue weighted by Gasteiger charge is 2.32. The number of carbonyl (C=O) groups excluding carboxylic acids is 2. The first-order valence-electron chi connectivity index (χ1n) is 11.5. The largest absolute Gasteiger partial charge is 0.482 e. The SMILES string of the molecule is CC(C)(C)NC(=O)C(Cc1ccccc1)N(Cc1ccccc1Cl)C(=O)COc1ccc(Cl)cc1Cl. The average molecular weight is 548 g/mol. The van der Waals surface area contributed by atoms with Gasteiger partial charge in [0.2, 0.25) is 5.91 Å². The van der Waals surface area contributed by atoms with Crippen LogP contribution >= 0.6 is 34.8 Å². The molecule has 0 aromatic heterocycles. The van der Waals surface area contributed by atoms with Crippen molar-refractivity contribution >= 4 is 46.6 Å². The number of rotatable bonds is 9. The van der Waals surface area contributed by atoms with Crippen LogP contribution in [0.2, 0.25) is 15.1 Å². The Morgan fingerprint density at radius 1 is 0.917 bits per heavy atom. The maximum absolute atomic E-state index is 13.6. The lowest BCUT2D eigenvalue weighted by Crippen LogP contribution is -2.55. The van der Waals surface area contributed by atoms with Crippen molar-refractivity contribution in [2.75, 3.05) is 6.61 Å². The summed E-state index contributed by atoms with van der Waals surface area (Å²) in [5, 5.41) is 4.28. The quantitative estimate of drug-likeness (QED) is 0.329. The molecule has 1 N–H and O–H groups in total. The molecule has 0 fully saturated rings.